The molecule has 9 nitrogen and oxygen atoms in total. The van der Waals surface area contributed by atoms with Gasteiger partial charge < -0.3 is 10.4 Å². The molecule has 0 saturated carbocycles. The van der Waals surface area contributed by atoms with Crippen LogP contribution in [0.25, 0.3) is 0 Å². The van der Waals surface area contributed by atoms with Crippen molar-refractivity contribution >= 4 is 40.8 Å². The molecule has 1 spiro atoms. The Bertz CT molecular complexity index is 1220. The van der Waals surface area contributed by atoms with E-state index >= 15 is 0 Å². The summed E-state index contributed by atoms with van der Waals surface area (Å²) in [7, 11) is 0. The molecule has 3 heterocycles. The van der Waals surface area contributed by atoms with E-state index in [1.165, 1.54) is 19.1 Å². The zero-order valence-electron chi connectivity index (χ0n) is 17.7. The fourth-order valence-electron chi connectivity index (χ4n) is 5.39. The molecule has 0 bridgehead atoms. The molecule has 3 amide bonds. The van der Waals surface area contributed by atoms with Gasteiger partial charge in [-0.15, -0.1) is 0 Å². The van der Waals surface area contributed by atoms with Crippen LogP contribution in [-0.4, -0.2) is 40.6 Å². The highest BCUT2D eigenvalue weighted by Gasteiger charge is 2.70. The number of ketones is 1. The van der Waals surface area contributed by atoms with Crippen LogP contribution in [0.15, 0.2) is 48.5 Å². The van der Waals surface area contributed by atoms with E-state index in [4.69, 9.17) is 0 Å². The number of fused-ring (bicyclic) bond motifs is 4. The van der Waals surface area contributed by atoms with Crippen molar-refractivity contribution in [1.82, 2.24) is 5.32 Å². The highest BCUT2D eigenvalue weighted by Crippen LogP contribution is 2.54. The van der Waals surface area contributed by atoms with Crippen LogP contribution in [0, 0.1) is 11.8 Å². The lowest BCUT2D eigenvalue weighted by Gasteiger charge is -2.29. The van der Waals surface area contributed by atoms with Gasteiger partial charge in [0.05, 0.1) is 17.5 Å². The van der Waals surface area contributed by atoms with Gasteiger partial charge in [-0.1, -0.05) is 18.2 Å². The molecule has 2 aromatic carbocycles. The molecule has 5 rings (SSSR count). The Morgan fingerprint density at radius 2 is 1.73 bits per heavy atom. The molecule has 0 aromatic heterocycles. The number of nitrogens with one attached hydrogen (secondary N) is 2. The number of benzene rings is 2. The molecule has 0 radical (unpaired) electrons. The first-order valence-corrected chi connectivity index (χ1v) is 10.6. The maximum Gasteiger partial charge on any atom is 0.303 e. The summed E-state index contributed by atoms with van der Waals surface area (Å²) in [6.45, 7) is 1.42. The van der Waals surface area contributed by atoms with Crippen LogP contribution >= 0.6 is 0 Å². The average Bonchev–Trinajstić information content (AvgIpc) is 3.37. The summed E-state index contributed by atoms with van der Waals surface area (Å²) in [5, 5.41) is 15.2. The lowest BCUT2D eigenvalue weighted by Crippen LogP contribution is -2.53. The summed E-state index contributed by atoms with van der Waals surface area (Å²) >= 11 is 0. The topological polar surface area (TPSA) is 133 Å². The first-order chi connectivity index (χ1) is 15.8. The number of nitrogens with zero attached hydrogens (tertiary/aromatic N) is 1. The van der Waals surface area contributed by atoms with Crippen LogP contribution in [0.2, 0.25) is 0 Å². The van der Waals surface area contributed by atoms with Crippen LogP contribution in [0.4, 0.5) is 11.4 Å². The normalized spacial score (nSPS) is 27.6. The molecule has 3 aliphatic rings. The summed E-state index contributed by atoms with van der Waals surface area (Å²) in [5.41, 5.74) is 0.406. The van der Waals surface area contributed by atoms with E-state index in [9.17, 15) is 29.1 Å². The van der Waals surface area contributed by atoms with Crippen LogP contribution in [0.3, 0.4) is 0 Å². The Hall–Kier alpha value is -3.85. The molecule has 2 aromatic rings. The predicted octanol–water partition coefficient (Wildman–Crippen LogP) is 1.68. The number of para-hydroxylation sites is 1. The molecule has 3 aliphatic heterocycles. The second-order valence-electron chi connectivity index (χ2n) is 8.61. The molecule has 0 unspecified atom stereocenters. The number of carbonyl (C=O) groups excluding carboxylic acids is 4. The van der Waals surface area contributed by atoms with Gasteiger partial charge in [-0.3, -0.25) is 29.3 Å². The molecule has 9 heteroatoms. The lowest BCUT2D eigenvalue weighted by atomic mass is 9.76. The number of rotatable bonds is 5. The third kappa shape index (κ3) is 2.92. The summed E-state index contributed by atoms with van der Waals surface area (Å²) in [6.07, 6.45) is -0.126. The van der Waals surface area contributed by atoms with E-state index in [2.05, 4.69) is 10.6 Å². The van der Waals surface area contributed by atoms with Crippen LogP contribution in [0.1, 0.15) is 35.7 Å². The first-order valence-electron chi connectivity index (χ1n) is 10.6. The number of carboxylic acids is 1. The van der Waals surface area contributed by atoms with Crippen molar-refractivity contribution in [2.75, 3.05) is 10.2 Å². The maximum absolute atomic E-state index is 13.7. The smallest absolute Gasteiger partial charge is 0.303 e. The van der Waals surface area contributed by atoms with Crippen LogP contribution in [0.5, 0.6) is 0 Å². The van der Waals surface area contributed by atoms with Crippen molar-refractivity contribution in [3.05, 3.63) is 59.7 Å². The fraction of sp³-hybridized carbons (Fsp3) is 0.292. The number of carboxylic acid groups (broad SMARTS) is 1. The van der Waals surface area contributed by atoms with Gasteiger partial charge in [0.25, 0.3) is 0 Å². The lowest BCUT2D eigenvalue weighted by molar-refractivity contribution is -0.137. The largest absolute Gasteiger partial charge is 0.481 e. The Balaban J connectivity index is 1.61. The molecular weight excluding hydrogens is 426 g/mol. The standard InChI is InChI=1S/C24H21N3O6/c1-12(28)13-6-8-14(9-7-13)27-21(31)19-17(10-11-18(29)30)26-24(20(19)22(27)32)15-4-2-3-5-16(15)25-23(24)33/h2-9,17,19-20,26H,10-11H2,1H3,(H,25,33)(H,29,30)/t17-,19+,20-,24-/m0/s1. The third-order valence-electron chi connectivity index (χ3n) is 6.82. The van der Waals surface area contributed by atoms with Crippen molar-refractivity contribution in [2.45, 2.75) is 31.3 Å². The van der Waals surface area contributed by atoms with E-state index in [0.29, 0.717) is 22.5 Å². The van der Waals surface area contributed by atoms with Gasteiger partial charge in [0.15, 0.2) is 5.78 Å². The fourth-order valence-corrected chi connectivity index (χ4v) is 5.39. The van der Waals surface area contributed by atoms with Crippen LogP contribution in [-0.2, 0) is 24.7 Å². The zero-order valence-corrected chi connectivity index (χ0v) is 17.7. The average molecular weight is 447 g/mol. The number of hydrogen-bond donors (Lipinski definition) is 3. The van der Waals surface area contributed by atoms with E-state index in [0.717, 1.165) is 4.90 Å². The van der Waals surface area contributed by atoms with E-state index in [1.54, 1.807) is 36.4 Å². The van der Waals surface area contributed by atoms with Gasteiger partial charge >= 0.3 is 5.97 Å². The maximum atomic E-state index is 13.7. The van der Waals surface area contributed by atoms with Gasteiger partial charge in [-0.2, -0.15) is 0 Å². The number of aliphatic carboxylic acids is 1. The molecule has 2 fully saturated rings. The van der Waals surface area contributed by atoms with E-state index in [-0.39, 0.29) is 18.6 Å². The summed E-state index contributed by atoms with van der Waals surface area (Å²) < 4.78 is 0. The number of Topliss-reactive ketones (excluding diaryl/α,β-unsaturated/α-hetero) is 1. The van der Waals surface area contributed by atoms with Gasteiger partial charge in [0, 0.05) is 29.3 Å². The number of carbonyl (C=O) groups is 5. The van der Waals surface area contributed by atoms with Gasteiger partial charge in [-0.05, 0) is 43.7 Å². The van der Waals surface area contributed by atoms with Crippen molar-refractivity contribution < 1.29 is 29.1 Å². The molecule has 3 N–H and O–H groups in total. The minimum absolute atomic E-state index is 0.0871. The third-order valence-corrected chi connectivity index (χ3v) is 6.82. The van der Waals surface area contributed by atoms with Gasteiger partial charge in [0.1, 0.15) is 5.54 Å². The quantitative estimate of drug-likeness (QED) is 0.469. The summed E-state index contributed by atoms with van der Waals surface area (Å²) in [6, 6.07) is 12.4. The summed E-state index contributed by atoms with van der Waals surface area (Å²) in [4.78, 5) is 64.5. The van der Waals surface area contributed by atoms with E-state index < -0.39 is 47.1 Å². The van der Waals surface area contributed by atoms with E-state index in [1.807, 2.05) is 0 Å². The number of amides is 3. The second kappa shape index (κ2) is 7.35. The SMILES string of the molecule is CC(=O)c1ccc(N2C(=O)[C@@H]3[C@H](CCC(=O)O)N[C@]4(C(=O)Nc5ccccc54)[C@@H]3C2=O)cc1. The first kappa shape index (κ1) is 21.0. The Morgan fingerprint density at radius 3 is 2.39 bits per heavy atom. The Kier molecular flexibility index (Phi) is 4.68. The predicted molar refractivity (Wildman–Crippen MR) is 116 cm³/mol. The van der Waals surface area contributed by atoms with Gasteiger partial charge in [-0.25, -0.2) is 4.90 Å². The van der Waals surface area contributed by atoms with Crippen molar-refractivity contribution in [2.24, 2.45) is 11.8 Å². The molecule has 2 saturated heterocycles. The minimum Gasteiger partial charge on any atom is -0.481 e. The molecule has 0 aliphatic carbocycles. The van der Waals surface area contributed by atoms with Crippen molar-refractivity contribution in [3.8, 4) is 0 Å². The van der Waals surface area contributed by atoms with Crippen molar-refractivity contribution in [1.29, 1.82) is 0 Å². The summed E-state index contributed by atoms with van der Waals surface area (Å²) in [5.74, 6) is -4.56. The monoisotopic (exact) mass is 447 g/mol. The highest BCUT2D eigenvalue weighted by atomic mass is 16.4. The minimum atomic E-state index is -1.47. The zero-order chi connectivity index (χ0) is 23.5. The number of imide groups is 1. The molecule has 168 valence electrons. The van der Waals surface area contributed by atoms with Crippen LogP contribution < -0.4 is 15.5 Å². The molecule has 33 heavy (non-hydrogen) atoms. The van der Waals surface area contributed by atoms with Gasteiger partial charge in [0.2, 0.25) is 17.7 Å². The number of anilines is 2. The van der Waals surface area contributed by atoms with Crippen molar-refractivity contribution in [3.63, 3.8) is 0 Å². The molecular formula is C24H21N3O6. The number of hydrogen-bond acceptors (Lipinski definition) is 6. The molecule has 4 atom stereocenters. The second-order valence-corrected chi connectivity index (χ2v) is 8.61. The Labute approximate surface area is 188 Å². The highest BCUT2D eigenvalue weighted by molar-refractivity contribution is 6.25. The Morgan fingerprint density at radius 1 is 1.03 bits per heavy atom.